The van der Waals surface area contributed by atoms with E-state index in [4.69, 9.17) is 19.3 Å². The molecule has 1 saturated heterocycles. The van der Waals surface area contributed by atoms with Crippen molar-refractivity contribution in [1.29, 1.82) is 0 Å². The van der Waals surface area contributed by atoms with Gasteiger partial charge in [-0.05, 0) is 56.0 Å². The fourth-order valence-corrected chi connectivity index (χ4v) is 3.81. The molecule has 5 rings (SSSR count). The normalized spacial score (nSPS) is 22.0. The predicted molar refractivity (Wildman–Crippen MR) is 129 cm³/mol. The van der Waals surface area contributed by atoms with Crippen LogP contribution in [0.1, 0.15) is 31.9 Å². The van der Waals surface area contributed by atoms with Crippen molar-refractivity contribution in [2.75, 3.05) is 39.2 Å². The van der Waals surface area contributed by atoms with E-state index >= 15 is 0 Å². The quantitative estimate of drug-likeness (QED) is 0.452. The molecule has 3 heterocycles. The van der Waals surface area contributed by atoms with E-state index in [1.165, 1.54) is 30.0 Å². The van der Waals surface area contributed by atoms with E-state index in [2.05, 4.69) is 20.3 Å². The first-order chi connectivity index (χ1) is 17.3. The molecule has 0 unspecified atom stereocenters. The molecule has 190 valence electrons. The summed E-state index contributed by atoms with van der Waals surface area (Å²) in [6, 6.07) is 7.85. The molecule has 11 heteroatoms. The van der Waals surface area contributed by atoms with Gasteiger partial charge in [-0.1, -0.05) is 0 Å². The highest BCUT2D eigenvalue weighted by Crippen LogP contribution is 2.36. The molecule has 2 N–H and O–H groups in total. The van der Waals surface area contributed by atoms with Gasteiger partial charge < -0.3 is 24.6 Å². The van der Waals surface area contributed by atoms with Gasteiger partial charge in [0.1, 0.15) is 11.2 Å². The number of benzene rings is 1. The summed E-state index contributed by atoms with van der Waals surface area (Å²) < 4.78 is 25.4. The van der Waals surface area contributed by atoms with Crippen LogP contribution in [0.15, 0.2) is 36.5 Å². The maximum absolute atomic E-state index is 13.6. The van der Waals surface area contributed by atoms with Crippen molar-refractivity contribution < 1.29 is 23.5 Å². The molecule has 0 radical (unpaired) electrons. The molecule has 3 aromatic rings. The lowest BCUT2D eigenvalue weighted by atomic mass is 9.92. The van der Waals surface area contributed by atoms with Gasteiger partial charge in [-0.3, -0.25) is 0 Å². The highest BCUT2D eigenvalue weighted by Gasteiger charge is 2.43. The number of imidazole rings is 1. The summed E-state index contributed by atoms with van der Waals surface area (Å²) in [7, 11) is 3.27. The largest absolute Gasteiger partial charge is 0.368 e. The first-order valence-corrected chi connectivity index (χ1v) is 11.9. The second-order valence-electron chi connectivity index (χ2n) is 9.65. The average molecular weight is 497 g/mol. The molecule has 2 aliphatic rings. The molecule has 1 aliphatic heterocycles. The van der Waals surface area contributed by atoms with Crippen LogP contribution < -0.4 is 5.32 Å². The summed E-state index contributed by atoms with van der Waals surface area (Å²) in [5.41, 5.74) is 1.57. The standard InChI is InChI=1S/C25H29FN6O4/c1-25(23(33)36-32(2)3)13-34-22(35-14-25)21-30-19(16-6-8-17(26)9-7-16)20(31-21)18-10-11-27-24(29-18)28-12-15-4-5-15/h6-11,15,22H,4-5,12-14H2,1-3H3,(H,30,31)(H,27,28,29). The molecular formula is C25H29FN6O4. The zero-order valence-electron chi connectivity index (χ0n) is 20.5. The van der Waals surface area contributed by atoms with Crippen molar-refractivity contribution in [3.63, 3.8) is 0 Å². The van der Waals surface area contributed by atoms with Gasteiger partial charge in [0, 0.05) is 32.4 Å². The van der Waals surface area contributed by atoms with Crippen molar-refractivity contribution >= 4 is 11.9 Å². The molecule has 0 bridgehead atoms. The van der Waals surface area contributed by atoms with E-state index in [1.54, 1.807) is 45.4 Å². The number of hydroxylamine groups is 2. The van der Waals surface area contributed by atoms with Crippen LogP contribution in [0.4, 0.5) is 10.3 Å². The summed E-state index contributed by atoms with van der Waals surface area (Å²) in [6.07, 6.45) is 3.30. The van der Waals surface area contributed by atoms with Gasteiger partial charge in [-0.2, -0.15) is 0 Å². The van der Waals surface area contributed by atoms with Crippen molar-refractivity contribution in [3.8, 4) is 22.6 Å². The minimum Gasteiger partial charge on any atom is -0.368 e. The van der Waals surface area contributed by atoms with Crippen LogP contribution in [-0.2, 0) is 19.1 Å². The third kappa shape index (κ3) is 5.38. The Labute approximate surface area is 208 Å². The van der Waals surface area contributed by atoms with Gasteiger partial charge in [-0.25, -0.2) is 24.1 Å². The number of aromatic nitrogens is 4. The Bertz CT molecular complexity index is 1220. The second kappa shape index (κ2) is 9.92. The van der Waals surface area contributed by atoms with Crippen molar-refractivity contribution in [1.82, 2.24) is 25.0 Å². The van der Waals surface area contributed by atoms with Gasteiger partial charge >= 0.3 is 5.97 Å². The lowest BCUT2D eigenvalue weighted by molar-refractivity contribution is -0.249. The van der Waals surface area contributed by atoms with Crippen LogP contribution in [0.3, 0.4) is 0 Å². The van der Waals surface area contributed by atoms with Crippen LogP contribution in [0.2, 0.25) is 0 Å². The fourth-order valence-electron chi connectivity index (χ4n) is 3.81. The number of nitrogens with zero attached hydrogens (tertiary/aromatic N) is 4. The van der Waals surface area contributed by atoms with Crippen LogP contribution in [0.25, 0.3) is 22.6 Å². The number of carbonyl (C=O) groups is 1. The summed E-state index contributed by atoms with van der Waals surface area (Å²) in [5.74, 6) is 0.837. The third-order valence-electron chi connectivity index (χ3n) is 6.09. The molecule has 0 amide bonds. The molecular weight excluding hydrogens is 467 g/mol. The number of H-pyrrole nitrogens is 1. The summed E-state index contributed by atoms with van der Waals surface area (Å²) in [6.45, 7) is 2.74. The molecule has 0 spiro atoms. The highest BCUT2D eigenvalue weighted by molar-refractivity contribution is 5.77. The maximum atomic E-state index is 13.6. The molecule has 2 aromatic heterocycles. The Morgan fingerprint density at radius 1 is 1.19 bits per heavy atom. The van der Waals surface area contributed by atoms with E-state index in [0.717, 1.165) is 6.54 Å². The Balaban J connectivity index is 1.42. The van der Waals surface area contributed by atoms with E-state index in [9.17, 15) is 9.18 Å². The predicted octanol–water partition coefficient (Wildman–Crippen LogP) is 3.57. The molecule has 0 atom stereocenters. The monoisotopic (exact) mass is 496 g/mol. The smallest absolute Gasteiger partial charge is 0.335 e. The minimum absolute atomic E-state index is 0.0923. The lowest BCUT2D eigenvalue weighted by Gasteiger charge is -2.34. The number of aromatic amines is 1. The molecule has 2 fully saturated rings. The number of nitrogens with one attached hydrogen (secondary N) is 2. The molecule has 1 aromatic carbocycles. The van der Waals surface area contributed by atoms with Gasteiger partial charge in [0.25, 0.3) is 0 Å². The molecule has 1 aliphatic carbocycles. The van der Waals surface area contributed by atoms with Crippen molar-refractivity contribution in [3.05, 3.63) is 48.2 Å². The van der Waals surface area contributed by atoms with Crippen molar-refractivity contribution in [2.24, 2.45) is 11.3 Å². The Hall–Kier alpha value is -3.41. The number of rotatable bonds is 8. The first-order valence-electron chi connectivity index (χ1n) is 11.9. The van der Waals surface area contributed by atoms with Crippen molar-refractivity contribution in [2.45, 2.75) is 26.1 Å². The van der Waals surface area contributed by atoms with E-state index in [0.29, 0.717) is 40.3 Å². The van der Waals surface area contributed by atoms with Gasteiger partial charge in [0.05, 0.1) is 30.3 Å². The second-order valence-corrected chi connectivity index (χ2v) is 9.65. The lowest BCUT2D eigenvalue weighted by Crippen LogP contribution is -2.45. The first kappa shape index (κ1) is 24.3. The van der Waals surface area contributed by atoms with Crippen LogP contribution in [0, 0.1) is 17.2 Å². The fraction of sp³-hybridized carbons (Fsp3) is 0.440. The zero-order valence-corrected chi connectivity index (χ0v) is 20.5. The third-order valence-corrected chi connectivity index (χ3v) is 6.09. The van der Waals surface area contributed by atoms with Gasteiger partial charge in [-0.15, -0.1) is 5.06 Å². The Kier molecular flexibility index (Phi) is 6.69. The minimum atomic E-state index is -0.954. The number of ether oxygens (including phenoxy) is 2. The molecule has 1 saturated carbocycles. The topological polar surface area (TPSA) is 114 Å². The number of carbonyl (C=O) groups excluding carboxylic acids is 1. The van der Waals surface area contributed by atoms with Gasteiger partial charge in [0.2, 0.25) is 12.2 Å². The van der Waals surface area contributed by atoms with Crippen LogP contribution >= 0.6 is 0 Å². The molecule has 10 nitrogen and oxygen atoms in total. The Morgan fingerprint density at radius 2 is 1.92 bits per heavy atom. The van der Waals surface area contributed by atoms with E-state index < -0.39 is 17.7 Å². The van der Waals surface area contributed by atoms with Crippen LogP contribution in [0.5, 0.6) is 0 Å². The SMILES string of the molecule is CN(C)OC(=O)C1(C)COC(c2nc(-c3ccc(F)cc3)c(-c3ccnc(NCC4CC4)n3)[nH]2)OC1. The van der Waals surface area contributed by atoms with E-state index in [1.807, 2.05) is 0 Å². The Morgan fingerprint density at radius 3 is 2.58 bits per heavy atom. The summed E-state index contributed by atoms with van der Waals surface area (Å²) in [4.78, 5) is 34.7. The summed E-state index contributed by atoms with van der Waals surface area (Å²) >= 11 is 0. The maximum Gasteiger partial charge on any atom is 0.335 e. The zero-order chi connectivity index (χ0) is 25.3. The van der Waals surface area contributed by atoms with Gasteiger partial charge in [0.15, 0.2) is 5.82 Å². The summed E-state index contributed by atoms with van der Waals surface area (Å²) in [5, 5.41) is 4.62. The van der Waals surface area contributed by atoms with E-state index in [-0.39, 0.29) is 19.0 Å². The number of hydrogen-bond acceptors (Lipinski definition) is 9. The average Bonchev–Trinajstić information content (AvgIpc) is 3.60. The molecule has 36 heavy (non-hydrogen) atoms. The number of anilines is 1. The number of hydrogen-bond donors (Lipinski definition) is 2. The number of halogens is 1. The highest BCUT2D eigenvalue weighted by atomic mass is 19.1. The van der Waals surface area contributed by atoms with Crippen LogP contribution in [-0.4, -0.2) is 64.8 Å².